The number of nitrogens with one attached hydrogen (secondary N) is 1. The molecule has 0 bridgehead atoms. The fourth-order valence-electron chi connectivity index (χ4n) is 8.18. The Balaban J connectivity index is 1.18. The van der Waals surface area contributed by atoms with Crippen LogP contribution in [0.15, 0.2) is 194 Å². The molecule has 0 amide bonds. The van der Waals surface area contributed by atoms with E-state index in [1.807, 2.05) is 0 Å². The number of rotatable bonds is 6. The summed E-state index contributed by atoms with van der Waals surface area (Å²) in [5.74, 6) is 0.215. The molecule has 0 saturated heterocycles. The van der Waals surface area contributed by atoms with Crippen LogP contribution >= 0.6 is 0 Å². The first kappa shape index (κ1) is 29.4. The van der Waals surface area contributed by atoms with Crippen LogP contribution < -0.4 is 15.5 Å². The minimum absolute atomic E-state index is 0.123. The zero-order chi connectivity index (χ0) is 33.7. The maximum absolute atomic E-state index is 3.97. The predicted octanol–water partition coefficient (Wildman–Crippen LogP) is 11.3. The number of anilines is 3. The van der Waals surface area contributed by atoms with Crippen molar-refractivity contribution in [1.29, 1.82) is 0 Å². The molecule has 0 spiro atoms. The van der Waals surface area contributed by atoms with Crippen molar-refractivity contribution in [3.05, 3.63) is 200 Å². The van der Waals surface area contributed by atoms with Gasteiger partial charge in [-0.05, 0) is 94.4 Å². The van der Waals surface area contributed by atoms with Crippen molar-refractivity contribution in [3.63, 3.8) is 0 Å². The second kappa shape index (κ2) is 12.1. The third-order valence-corrected chi connectivity index (χ3v) is 10.5. The number of fused-ring (bicyclic) bond motifs is 6. The van der Waals surface area contributed by atoms with Gasteiger partial charge < -0.3 is 14.6 Å². The van der Waals surface area contributed by atoms with Crippen molar-refractivity contribution in [2.75, 3.05) is 10.0 Å². The Morgan fingerprint density at radius 1 is 0.490 bits per heavy atom. The maximum Gasteiger partial charge on any atom is 0.414 e. The van der Waals surface area contributed by atoms with Gasteiger partial charge in [-0.25, -0.2) is 0 Å². The molecule has 1 N–H and O–H groups in total. The molecule has 1 aromatic heterocycles. The summed E-state index contributed by atoms with van der Waals surface area (Å²) in [6, 6.07) is 61.6. The summed E-state index contributed by atoms with van der Waals surface area (Å²) in [6.45, 7) is -0.123. The molecule has 0 fully saturated rings. The van der Waals surface area contributed by atoms with E-state index >= 15 is 0 Å². The molecule has 8 aromatic rings. The highest BCUT2D eigenvalue weighted by Gasteiger charge is 2.39. The molecule has 51 heavy (non-hydrogen) atoms. The van der Waals surface area contributed by atoms with Crippen molar-refractivity contribution in [2.24, 2.45) is 0 Å². The average Bonchev–Trinajstić information content (AvgIpc) is 3.86. The fourth-order valence-corrected chi connectivity index (χ4v) is 8.18. The zero-order valence-electron chi connectivity index (χ0n) is 28.0. The number of benzene rings is 7. The van der Waals surface area contributed by atoms with Gasteiger partial charge in [0.25, 0.3) is 0 Å². The minimum Gasteiger partial charge on any atom is -0.405 e. The highest BCUT2D eigenvalue weighted by molar-refractivity contribution is 6.83. The molecule has 7 aromatic carbocycles. The summed E-state index contributed by atoms with van der Waals surface area (Å²) in [5, 5.41) is 6.48. The molecule has 0 unspecified atom stereocenters. The molecule has 2 heterocycles. The van der Waals surface area contributed by atoms with E-state index in [2.05, 4.69) is 209 Å². The van der Waals surface area contributed by atoms with E-state index in [4.69, 9.17) is 0 Å². The SMILES string of the molecule is C1=CC(c2cccc3c2B(Nc2ccccc2)N(c2ccccc2)c2ccc(-c4ccc5c(c4)c4ccccc4n5-c4ccccc4)cc2-3)C=C1. The van der Waals surface area contributed by atoms with Crippen LogP contribution in [0.4, 0.5) is 17.1 Å². The van der Waals surface area contributed by atoms with Crippen LogP contribution in [0.2, 0.25) is 0 Å². The third-order valence-electron chi connectivity index (χ3n) is 10.5. The molecular formula is C47H34BN3. The molecule has 4 heteroatoms. The van der Waals surface area contributed by atoms with Gasteiger partial charge >= 0.3 is 6.98 Å². The van der Waals surface area contributed by atoms with E-state index in [1.165, 1.54) is 66.5 Å². The van der Waals surface area contributed by atoms with E-state index in [9.17, 15) is 0 Å². The van der Waals surface area contributed by atoms with Gasteiger partial charge in [-0.3, -0.25) is 0 Å². The van der Waals surface area contributed by atoms with E-state index < -0.39 is 0 Å². The molecule has 2 aliphatic rings. The minimum atomic E-state index is -0.123. The molecule has 0 atom stereocenters. The lowest BCUT2D eigenvalue weighted by Crippen LogP contribution is -2.56. The van der Waals surface area contributed by atoms with Gasteiger partial charge in [0, 0.05) is 45.0 Å². The van der Waals surface area contributed by atoms with Crippen LogP contribution in [0.5, 0.6) is 0 Å². The van der Waals surface area contributed by atoms with E-state index in [0.717, 1.165) is 11.4 Å². The molecule has 240 valence electrons. The lowest BCUT2D eigenvalue weighted by atomic mass is 9.56. The summed E-state index contributed by atoms with van der Waals surface area (Å²) < 4.78 is 2.38. The number of nitrogens with zero attached hydrogens (tertiary/aromatic N) is 2. The Morgan fingerprint density at radius 3 is 1.92 bits per heavy atom. The molecule has 1 aliphatic carbocycles. The van der Waals surface area contributed by atoms with Gasteiger partial charge in [-0.15, -0.1) is 0 Å². The van der Waals surface area contributed by atoms with Gasteiger partial charge in [-0.2, -0.15) is 0 Å². The van der Waals surface area contributed by atoms with Gasteiger partial charge in [0.1, 0.15) is 0 Å². The lowest BCUT2D eigenvalue weighted by Gasteiger charge is -2.40. The number of para-hydroxylation sites is 4. The van der Waals surface area contributed by atoms with Crippen molar-refractivity contribution < 1.29 is 0 Å². The summed E-state index contributed by atoms with van der Waals surface area (Å²) in [5.41, 5.74) is 14.5. The Bertz CT molecular complexity index is 2610. The zero-order valence-corrected chi connectivity index (χ0v) is 28.0. The van der Waals surface area contributed by atoms with E-state index in [1.54, 1.807) is 0 Å². The Hall–Kier alpha value is -6.52. The molecule has 3 nitrogen and oxygen atoms in total. The molecule has 0 radical (unpaired) electrons. The molecule has 10 rings (SSSR count). The van der Waals surface area contributed by atoms with E-state index in [0.29, 0.717) is 0 Å². The summed E-state index contributed by atoms with van der Waals surface area (Å²) in [7, 11) is 0. The highest BCUT2D eigenvalue weighted by atomic mass is 15.2. The largest absolute Gasteiger partial charge is 0.414 e. The van der Waals surface area contributed by atoms with Crippen molar-refractivity contribution >= 4 is 51.3 Å². The molecular weight excluding hydrogens is 617 g/mol. The first-order valence-electron chi connectivity index (χ1n) is 17.7. The first-order chi connectivity index (χ1) is 25.3. The average molecular weight is 652 g/mol. The number of allylic oxidation sites excluding steroid dienone is 4. The molecule has 0 saturated carbocycles. The monoisotopic (exact) mass is 651 g/mol. The Morgan fingerprint density at radius 2 is 1.14 bits per heavy atom. The Labute approximate surface area is 298 Å². The van der Waals surface area contributed by atoms with Gasteiger partial charge in [0.15, 0.2) is 0 Å². The van der Waals surface area contributed by atoms with Crippen molar-refractivity contribution in [3.8, 4) is 27.9 Å². The molecule has 1 aliphatic heterocycles. The highest BCUT2D eigenvalue weighted by Crippen LogP contribution is 2.44. The number of aromatic nitrogens is 1. The van der Waals surface area contributed by atoms with Crippen LogP contribution in [0.1, 0.15) is 11.5 Å². The van der Waals surface area contributed by atoms with Crippen molar-refractivity contribution in [1.82, 2.24) is 4.57 Å². The van der Waals surface area contributed by atoms with Crippen LogP contribution in [0.25, 0.3) is 49.7 Å². The topological polar surface area (TPSA) is 20.2 Å². The summed E-state index contributed by atoms with van der Waals surface area (Å²) in [4.78, 5) is 2.48. The standard InChI is InChI=1S/C47H34BN3/c1-4-17-36(18-5-1)49-48-47-39(33-15-10-11-16-33)24-14-25-41(47)43-32-35(28-30-46(43)51(48)38-21-8-3-9-22-38)34-27-29-45-42(31-34)40-23-12-13-26-44(40)50(45)37-19-6-2-7-20-37/h1-33,49H. The number of hydrogen-bond acceptors (Lipinski definition) is 2. The van der Waals surface area contributed by atoms with Crippen LogP contribution in [0, 0.1) is 0 Å². The Kier molecular flexibility index (Phi) is 6.99. The maximum atomic E-state index is 3.97. The van der Waals surface area contributed by atoms with Crippen LogP contribution in [-0.2, 0) is 0 Å². The second-order valence-electron chi connectivity index (χ2n) is 13.4. The van der Waals surface area contributed by atoms with Gasteiger partial charge in [0.05, 0.1) is 11.0 Å². The van der Waals surface area contributed by atoms with E-state index in [-0.39, 0.29) is 12.9 Å². The van der Waals surface area contributed by atoms with Gasteiger partial charge in [0.2, 0.25) is 0 Å². The first-order valence-corrected chi connectivity index (χ1v) is 17.7. The quantitative estimate of drug-likeness (QED) is 0.181. The normalized spacial score (nSPS) is 13.6. The van der Waals surface area contributed by atoms with Crippen LogP contribution in [0.3, 0.4) is 0 Å². The van der Waals surface area contributed by atoms with Gasteiger partial charge in [-0.1, -0.05) is 127 Å². The third kappa shape index (κ3) is 4.91. The lowest BCUT2D eigenvalue weighted by molar-refractivity contribution is 1.11. The summed E-state index contributed by atoms with van der Waals surface area (Å²) >= 11 is 0. The smallest absolute Gasteiger partial charge is 0.405 e. The van der Waals surface area contributed by atoms with Crippen LogP contribution in [-0.4, -0.2) is 11.5 Å². The second-order valence-corrected chi connectivity index (χ2v) is 13.4. The predicted molar refractivity (Wildman–Crippen MR) is 217 cm³/mol. The fraction of sp³-hybridized carbons (Fsp3) is 0.0213. The summed E-state index contributed by atoms with van der Waals surface area (Å²) in [6.07, 6.45) is 8.93. The number of hydrogen-bond donors (Lipinski definition) is 1. The van der Waals surface area contributed by atoms with Crippen molar-refractivity contribution in [2.45, 2.75) is 5.92 Å².